The predicted octanol–water partition coefficient (Wildman–Crippen LogP) is 2.93. The van der Waals surface area contributed by atoms with E-state index in [2.05, 4.69) is 14.7 Å². The standard InChI is InChI=1S/C17H20N4O4S/c1-25-13-6-2-5-12(9-13)15-18-16(26-20-15)19-17(24)21-7-3-4-11(10-21)8-14(22)23/h2,5-6,9,11H,3-4,7-8,10H2,1H3,(H,22,23)(H,18,19,20,24). The number of carbonyl (C=O) groups is 2. The van der Waals surface area contributed by atoms with Gasteiger partial charge in [-0.1, -0.05) is 12.1 Å². The number of carboxylic acid groups (broad SMARTS) is 1. The van der Waals surface area contributed by atoms with Crippen molar-refractivity contribution in [3.8, 4) is 17.1 Å². The first-order valence-corrected chi connectivity index (χ1v) is 9.08. The summed E-state index contributed by atoms with van der Waals surface area (Å²) in [6.07, 6.45) is 1.72. The van der Waals surface area contributed by atoms with Gasteiger partial charge in [-0.25, -0.2) is 4.79 Å². The molecule has 138 valence electrons. The zero-order chi connectivity index (χ0) is 18.5. The molecule has 1 aromatic carbocycles. The summed E-state index contributed by atoms with van der Waals surface area (Å²) in [5.41, 5.74) is 0.806. The third-order valence-electron chi connectivity index (χ3n) is 4.24. The van der Waals surface area contributed by atoms with Crippen molar-refractivity contribution >= 4 is 28.7 Å². The van der Waals surface area contributed by atoms with Gasteiger partial charge in [-0.3, -0.25) is 10.1 Å². The minimum absolute atomic E-state index is 0.00577. The molecule has 1 saturated heterocycles. The maximum atomic E-state index is 12.4. The molecule has 0 aliphatic carbocycles. The second-order valence-electron chi connectivity index (χ2n) is 6.14. The largest absolute Gasteiger partial charge is 0.497 e. The van der Waals surface area contributed by atoms with Crippen molar-refractivity contribution in [1.82, 2.24) is 14.3 Å². The molecule has 26 heavy (non-hydrogen) atoms. The Morgan fingerprint density at radius 1 is 1.46 bits per heavy atom. The fourth-order valence-corrected chi connectivity index (χ4v) is 3.57. The third kappa shape index (κ3) is 4.48. The molecule has 0 spiro atoms. The molecule has 2 aromatic rings. The van der Waals surface area contributed by atoms with E-state index in [-0.39, 0.29) is 18.4 Å². The highest BCUT2D eigenvalue weighted by atomic mass is 32.1. The lowest BCUT2D eigenvalue weighted by Gasteiger charge is -2.31. The smallest absolute Gasteiger partial charge is 0.323 e. The molecule has 1 aromatic heterocycles. The van der Waals surface area contributed by atoms with Gasteiger partial charge in [0.05, 0.1) is 7.11 Å². The van der Waals surface area contributed by atoms with Crippen LogP contribution < -0.4 is 10.1 Å². The fraction of sp³-hybridized carbons (Fsp3) is 0.412. The zero-order valence-electron chi connectivity index (χ0n) is 14.3. The van der Waals surface area contributed by atoms with Gasteiger partial charge in [0.2, 0.25) is 5.13 Å². The fourth-order valence-electron chi connectivity index (χ4n) is 2.99. The summed E-state index contributed by atoms with van der Waals surface area (Å²) in [4.78, 5) is 29.3. The topological polar surface area (TPSA) is 105 Å². The SMILES string of the molecule is COc1cccc(-c2nsc(NC(=O)N3CCCC(CC(=O)O)C3)n2)c1. The Morgan fingerprint density at radius 2 is 2.31 bits per heavy atom. The molecule has 0 bridgehead atoms. The van der Waals surface area contributed by atoms with E-state index < -0.39 is 5.97 Å². The average Bonchev–Trinajstić information content (AvgIpc) is 3.10. The highest BCUT2D eigenvalue weighted by molar-refractivity contribution is 7.10. The minimum Gasteiger partial charge on any atom is -0.497 e. The molecule has 3 rings (SSSR count). The van der Waals surface area contributed by atoms with Crippen LogP contribution in [0, 0.1) is 5.92 Å². The van der Waals surface area contributed by atoms with Gasteiger partial charge >= 0.3 is 12.0 Å². The highest BCUT2D eigenvalue weighted by Gasteiger charge is 2.25. The number of aliphatic carboxylic acids is 1. The summed E-state index contributed by atoms with van der Waals surface area (Å²) in [6.45, 7) is 1.06. The van der Waals surface area contributed by atoms with Crippen LogP contribution in [0.2, 0.25) is 0 Å². The average molecular weight is 376 g/mol. The Bertz CT molecular complexity index is 795. The zero-order valence-corrected chi connectivity index (χ0v) is 15.2. The number of likely N-dealkylation sites (tertiary alicyclic amines) is 1. The van der Waals surface area contributed by atoms with Crippen LogP contribution in [-0.2, 0) is 4.79 Å². The van der Waals surface area contributed by atoms with Crippen LogP contribution in [-0.4, -0.2) is 51.6 Å². The summed E-state index contributed by atoms with van der Waals surface area (Å²) >= 11 is 1.11. The van der Waals surface area contributed by atoms with E-state index >= 15 is 0 Å². The van der Waals surface area contributed by atoms with E-state index in [0.717, 1.165) is 29.9 Å². The maximum Gasteiger partial charge on any atom is 0.323 e. The molecule has 2 amide bonds. The minimum atomic E-state index is -0.829. The lowest BCUT2D eigenvalue weighted by molar-refractivity contribution is -0.138. The van der Waals surface area contributed by atoms with Gasteiger partial charge in [-0.2, -0.15) is 9.36 Å². The summed E-state index contributed by atoms with van der Waals surface area (Å²) in [6, 6.07) is 7.12. The Balaban J connectivity index is 1.63. The molecule has 8 nitrogen and oxygen atoms in total. The number of hydrogen-bond acceptors (Lipinski definition) is 6. The number of carbonyl (C=O) groups excluding carboxylic acids is 1. The third-order valence-corrected chi connectivity index (χ3v) is 4.87. The molecule has 1 unspecified atom stereocenters. The molecule has 1 aliphatic heterocycles. The monoisotopic (exact) mass is 376 g/mol. The number of ether oxygens (including phenoxy) is 1. The second-order valence-corrected chi connectivity index (χ2v) is 6.89. The number of benzene rings is 1. The summed E-state index contributed by atoms with van der Waals surface area (Å²) in [5.74, 6) is 0.394. The molecule has 1 aliphatic rings. The van der Waals surface area contributed by atoms with Crippen LogP contribution in [0.4, 0.5) is 9.93 Å². The van der Waals surface area contributed by atoms with E-state index in [1.165, 1.54) is 0 Å². The van der Waals surface area contributed by atoms with Crippen molar-refractivity contribution in [1.29, 1.82) is 0 Å². The van der Waals surface area contributed by atoms with Crippen molar-refractivity contribution in [2.45, 2.75) is 19.3 Å². The predicted molar refractivity (Wildman–Crippen MR) is 97.5 cm³/mol. The van der Waals surface area contributed by atoms with Crippen molar-refractivity contribution in [2.24, 2.45) is 5.92 Å². The normalized spacial score (nSPS) is 17.0. The number of nitrogens with one attached hydrogen (secondary N) is 1. The van der Waals surface area contributed by atoms with E-state index in [4.69, 9.17) is 9.84 Å². The number of carboxylic acids is 1. The summed E-state index contributed by atoms with van der Waals surface area (Å²) in [5, 5.41) is 12.1. The van der Waals surface area contributed by atoms with Gasteiger partial charge in [0.25, 0.3) is 0 Å². The number of methoxy groups -OCH3 is 1. The van der Waals surface area contributed by atoms with Gasteiger partial charge in [0, 0.05) is 36.6 Å². The molecule has 2 N–H and O–H groups in total. The molecular formula is C17H20N4O4S. The summed E-state index contributed by atoms with van der Waals surface area (Å²) < 4.78 is 9.47. The lowest BCUT2D eigenvalue weighted by Crippen LogP contribution is -2.42. The molecule has 1 fully saturated rings. The van der Waals surface area contributed by atoms with Gasteiger partial charge in [-0.05, 0) is 30.9 Å². The van der Waals surface area contributed by atoms with Crippen LogP contribution in [0.5, 0.6) is 5.75 Å². The highest BCUT2D eigenvalue weighted by Crippen LogP contribution is 2.25. The van der Waals surface area contributed by atoms with Crippen LogP contribution in [0.25, 0.3) is 11.4 Å². The molecular weight excluding hydrogens is 356 g/mol. The van der Waals surface area contributed by atoms with E-state index in [0.29, 0.717) is 29.8 Å². The molecule has 0 radical (unpaired) electrons. The Labute approximate surface area is 155 Å². The molecule has 0 saturated carbocycles. The number of anilines is 1. The molecule has 9 heteroatoms. The van der Waals surface area contributed by atoms with Crippen molar-refractivity contribution in [3.63, 3.8) is 0 Å². The van der Waals surface area contributed by atoms with Crippen molar-refractivity contribution < 1.29 is 19.4 Å². The number of piperidine rings is 1. The van der Waals surface area contributed by atoms with Gasteiger partial charge in [0.1, 0.15) is 5.75 Å². The van der Waals surface area contributed by atoms with Crippen molar-refractivity contribution in [2.75, 3.05) is 25.5 Å². The first-order chi connectivity index (χ1) is 12.5. The van der Waals surface area contributed by atoms with Crippen molar-refractivity contribution in [3.05, 3.63) is 24.3 Å². The first-order valence-electron chi connectivity index (χ1n) is 8.31. The van der Waals surface area contributed by atoms with Crippen LogP contribution >= 0.6 is 11.5 Å². The lowest BCUT2D eigenvalue weighted by atomic mass is 9.95. The number of urea groups is 1. The number of amides is 2. The number of rotatable bonds is 5. The van der Waals surface area contributed by atoms with Gasteiger partial charge < -0.3 is 14.7 Å². The Hall–Kier alpha value is -2.68. The Kier molecular flexibility index (Phi) is 5.67. The van der Waals surface area contributed by atoms with Crippen LogP contribution in [0.15, 0.2) is 24.3 Å². The first kappa shape index (κ1) is 18.1. The number of hydrogen-bond donors (Lipinski definition) is 2. The summed E-state index contributed by atoms with van der Waals surface area (Å²) in [7, 11) is 1.59. The number of nitrogens with zero attached hydrogens (tertiary/aromatic N) is 3. The van der Waals surface area contributed by atoms with Gasteiger partial charge in [0.15, 0.2) is 5.82 Å². The van der Waals surface area contributed by atoms with E-state index in [1.807, 2.05) is 24.3 Å². The molecule has 2 heterocycles. The van der Waals surface area contributed by atoms with Gasteiger partial charge in [-0.15, -0.1) is 0 Å². The number of aromatic nitrogens is 2. The Morgan fingerprint density at radius 3 is 3.08 bits per heavy atom. The van der Waals surface area contributed by atoms with E-state index in [1.54, 1.807) is 12.0 Å². The van der Waals surface area contributed by atoms with Crippen LogP contribution in [0.1, 0.15) is 19.3 Å². The second kappa shape index (κ2) is 8.13. The quantitative estimate of drug-likeness (QED) is 0.831. The molecule has 1 atom stereocenters. The maximum absolute atomic E-state index is 12.4. The van der Waals surface area contributed by atoms with Crippen LogP contribution in [0.3, 0.4) is 0 Å². The van der Waals surface area contributed by atoms with E-state index in [9.17, 15) is 9.59 Å².